The molecule has 0 radical (unpaired) electrons. The van der Waals surface area contributed by atoms with Gasteiger partial charge in [-0.05, 0) is 48.7 Å². The summed E-state index contributed by atoms with van der Waals surface area (Å²) >= 11 is 0. The lowest BCUT2D eigenvalue weighted by molar-refractivity contribution is -0.126. The monoisotopic (exact) mass is 478 g/mol. The molecule has 3 heterocycles. The first-order valence-corrected chi connectivity index (χ1v) is 12.2. The number of rotatable bonds is 6. The van der Waals surface area contributed by atoms with E-state index in [4.69, 9.17) is 5.10 Å². The summed E-state index contributed by atoms with van der Waals surface area (Å²) < 4.78 is 1.95. The van der Waals surface area contributed by atoms with Gasteiger partial charge in [0.05, 0.1) is 12.2 Å². The molecular formula is C29H30N6O. The Hall–Kier alpha value is -4.26. The molecule has 1 amide bonds. The highest BCUT2D eigenvalue weighted by molar-refractivity contribution is 5.93. The highest BCUT2D eigenvalue weighted by Crippen LogP contribution is 2.26. The lowest BCUT2D eigenvalue weighted by atomic mass is 10.0. The van der Waals surface area contributed by atoms with E-state index in [9.17, 15) is 4.79 Å². The molecule has 5 rings (SSSR count). The first-order valence-electron chi connectivity index (χ1n) is 12.2. The Kier molecular flexibility index (Phi) is 6.89. The standard InChI is InChI=1S/C29H30N6O/c1-22-9-10-25(19-23(22)2)28-26(21-35(32-28)20-24-7-4-3-5-8-24)11-12-27(36)33-15-17-34(18-16-33)29-30-13-6-14-31-29/h3-14,19,21H,15-18,20H2,1-2H3. The van der Waals surface area contributed by atoms with E-state index in [1.54, 1.807) is 18.5 Å². The van der Waals surface area contributed by atoms with E-state index in [0.29, 0.717) is 38.7 Å². The van der Waals surface area contributed by atoms with Gasteiger partial charge in [-0.1, -0.05) is 42.5 Å². The minimum atomic E-state index is 0.00507. The highest BCUT2D eigenvalue weighted by Gasteiger charge is 2.21. The van der Waals surface area contributed by atoms with Gasteiger partial charge in [-0.3, -0.25) is 9.48 Å². The number of carbonyl (C=O) groups is 1. The smallest absolute Gasteiger partial charge is 0.246 e. The van der Waals surface area contributed by atoms with Crippen molar-refractivity contribution < 1.29 is 4.79 Å². The van der Waals surface area contributed by atoms with Gasteiger partial charge in [0.15, 0.2) is 0 Å². The summed E-state index contributed by atoms with van der Waals surface area (Å²) in [4.78, 5) is 25.6. The van der Waals surface area contributed by atoms with Crippen LogP contribution in [0.1, 0.15) is 22.3 Å². The molecule has 0 saturated carbocycles. The number of hydrogen-bond acceptors (Lipinski definition) is 5. The van der Waals surface area contributed by atoms with Gasteiger partial charge in [0.2, 0.25) is 11.9 Å². The van der Waals surface area contributed by atoms with Gasteiger partial charge in [0, 0.05) is 62.0 Å². The van der Waals surface area contributed by atoms with Crippen molar-refractivity contribution in [3.05, 3.63) is 102 Å². The van der Waals surface area contributed by atoms with Crippen LogP contribution in [0.2, 0.25) is 0 Å². The fraction of sp³-hybridized carbons (Fsp3) is 0.241. The second kappa shape index (κ2) is 10.6. The number of amides is 1. The molecule has 0 unspecified atom stereocenters. The molecule has 0 bridgehead atoms. The summed E-state index contributed by atoms with van der Waals surface area (Å²) in [7, 11) is 0. The third-order valence-electron chi connectivity index (χ3n) is 6.59. The van der Waals surface area contributed by atoms with Crippen LogP contribution in [-0.2, 0) is 11.3 Å². The second-order valence-corrected chi connectivity index (χ2v) is 9.11. The molecule has 36 heavy (non-hydrogen) atoms. The van der Waals surface area contributed by atoms with Crippen LogP contribution in [-0.4, -0.2) is 56.7 Å². The number of anilines is 1. The van der Waals surface area contributed by atoms with Gasteiger partial charge in [0.1, 0.15) is 0 Å². The Bertz CT molecular complexity index is 1360. The van der Waals surface area contributed by atoms with E-state index >= 15 is 0 Å². The third kappa shape index (κ3) is 5.35. The molecule has 2 aromatic heterocycles. The van der Waals surface area contributed by atoms with Crippen molar-refractivity contribution in [3.63, 3.8) is 0 Å². The molecule has 1 fully saturated rings. The zero-order chi connectivity index (χ0) is 24.9. The summed E-state index contributed by atoms with van der Waals surface area (Å²) in [6, 6.07) is 18.5. The van der Waals surface area contributed by atoms with Crippen molar-refractivity contribution in [1.29, 1.82) is 0 Å². The van der Waals surface area contributed by atoms with Crippen LogP contribution in [0.3, 0.4) is 0 Å². The first kappa shape index (κ1) is 23.5. The number of carbonyl (C=O) groups excluding carboxylic acids is 1. The Balaban J connectivity index is 1.34. The third-order valence-corrected chi connectivity index (χ3v) is 6.59. The van der Waals surface area contributed by atoms with Crippen molar-refractivity contribution >= 4 is 17.9 Å². The Morgan fingerprint density at radius 2 is 1.67 bits per heavy atom. The number of aryl methyl sites for hydroxylation is 2. The van der Waals surface area contributed by atoms with Crippen LogP contribution >= 0.6 is 0 Å². The molecule has 1 aliphatic heterocycles. The van der Waals surface area contributed by atoms with Crippen LogP contribution in [0.4, 0.5) is 5.95 Å². The van der Waals surface area contributed by atoms with Crippen LogP contribution < -0.4 is 4.90 Å². The zero-order valence-corrected chi connectivity index (χ0v) is 20.7. The van der Waals surface area contributed by atoms with Gasteiger partial charge < -0.3 is 9.80 Å². The summed E-state index contributed by atoms with van der Waals surface area (Å²) in [5.74, 6) is 0.717. The van der Waals surface area contributed by atoms with E-state index in [2.05, 4.69) is 59.0 Å². The van der Waals surface area contributed by atoms with Gasteiger partial charge >= 0.3 is 0 Å². The molecule has 0 aliphatic carbocycles. The molecule has 0 spiro atoms. The molecule has 4 aromatic rings. The van der Waals surface area contributed by atoms with Gasteiger partial charge in [-0.2, -0.15) is 5.10 Å². The normalized spacial score (nSPS) is 13.9. The number of piperazine rings is 1. The van der Waals surface area contributed by atoms with Crippen LogP contribution in [0.25, 0.3) is 17.3 Å². The maximum absolute atomic E-state index is 13.0. The topological polar surface area (TPSA) is 67.2 Å². The number of aromatic nitrogens is 4. The largest absolute Gasteiger partial charge is 0.337 e. The molecule has 2 aromatic carbocycles. The SMILES string of the molecule is Cc1ccc(-c2nn(Cc3ccccc3)cc2C=CC(=O)N2CCN(c3ncccn3)CC2)cc1C. The summed E-state index contributed by atoms with van der Waals surface area (Å²) in [6.45, 7) is 7.59. The zero-order valence-electron chi connectivity index (χ0n) is 20.7. The summed E-state index contributed by atoms with van der Waals surface area (Å²) in [6.07, 6.45) is 9.07. The Morgan fingerprint density at radius 3 is 2.39 bits per heavy atom. The van der Waals surface area contributed by atoms with E-state index in [0.717, 1.165) is 16.8 Å². The maximum atomic E-state index is 13.0. The Morgan fingerprint density at radius 1 is 0.917 bits per heavy atom. The van der Waals surface area contributed by atoms with Crippen molar-refractivity contribution in [2.75, 3.05) is 31.1 Å². The van der Waals surface area contributed by atoms with Crippen molar-refractivity contribution in [2.24, 2.45) is 0 Å². The van der Waals surface area contributed by atoms with Crippen molar-refractivity contribution in [1.82, 2.24) is 24.6 Å². The van der Waals surface area contributed by atoms with Crippen molar-refractivity contribution in [3.8, 4) is 11.3 Å². The van der Waals surface area contributed by atoms with Crippen molar-refractivity contribution in [2.45, 2.75) is 20.4 Å². The fourth-order valence-corrected chi connectivity index (χ4v) is 4.37. The Labute approximate surface area is 211 Å². The second-order valence-electron chi connectivity index (χ2n) is 9.11. The molecule has 0 N–H and O–H groups in total. The fourth-order valence-electron chi connectivity index (χ4n) is 4.37. The summed E-state index contributed by atoms with van der Waals surface area (Å²) in [5.41, 5.74) is 6.50. The molecular weight excluding hydrogens is 448 g/mol. The van der Waals surface area contributed by atoms with E-state index in [1.807, 2.05) is 46.1 Å². The van der Waals surface area contributed by atoms with Crippen LogP contribution in [0.15, 0.2) is 79.3 Å². The minimum Gasteiger partial charge on any atom is -0.337 e. The average molecular weight is 479 g/mol. The summed E-state index contributed by atoms with van der Waals surface area (Å²) in [5, 5.41) is 4.90. The molecule has 0 atom stereocenters. The number of hydrogen-bond donors (Lipinski definition) is 0. The molecule has 1 saturated heterocycles. The van der Waals surface area contributed by atoms with E-state index in [-0.39, 0.29) is 5.91 Å². The maximum Gasteiger partial charge on any atom is 0.246 e. The van der Waals surface area contributed by atoms with Gasteiger partial charge in [-0.15, -0.1) is 0 Å². The van der Waals surface area contributed by atoms with Gasteiger partial charge in [0.25, 0.3) is 0 Å². The predicted octanol–water partition coefficient (Wildman–Crippen LogP) is 4.37. The number of nitrogens with zero attached hydrogens (tertiary/aromatic N) is 6. The molecule has 182 valence electrons. The average Bonchev–Trinajstić information content (AvgIpc) is 3.32. The highest BCUT2D eigenvalue weighted by atomic mass is 16.2. The molecule has 7 heteroatoms. The van der Waals surface area contributed by atoms with Crippen LogP contribution in [0, 0.1) is 13.8 Å². The number of benzene rings is 2. The lowest BCUT2D eigenvalue weighted by Gasteiger charge is -2.34. The minimum absolute atomic E-state index is 0.00507. The lowest BCUT2D eigenvalue weighted by Crippen LogP contribution is -2.48. The molecule has 7 nitrogen and oxygen atoms in total. The quantitative estimate of drug-likeness (QED) is 0.385. The van der Waals surface area contributed by atoms with E-state index in [1.165, 1.54) is 16.7 Å². The van der Waals surface area contributed by atoms with Crippen LogP contribution in [0.5, 0.6) is 0 Å². The predicted molar refractivity (Wildman–Crippen MR) is 143 cm³/mol. The first-order chi connectivity index (χ1) is 17.6. The van der Waals surface area contributed by atoms with Gasteiger partial charge in [-0.25, -0.2) is 9.97 Å². The van der Waals surface area contributed by atoms with E-state index < -0.39 is 0 Å². The molecule has 1 aliphatic rings.